The zero-order valence-electron chi connectivity index (χ0n) is 13.0. The normalized spacial score (nSPS) is 16.0. The number of aliphatic carboxylic acids is 1. The lowest BCUT2D eigenvalue weighted by molar-refractivity contribution is -0.147. The van der Waals surface area contributed by atoms with Crippen molar-refractivity contribution in [3.8, 4) is 0 Å². The number of hydrogen-bond acceptors (Lipinski definition) is 3. The fraction of sp³-hybridized carbons (Fsp3) is 0.933. The van der Waals surface area contributed by atoms with Crippen molar-refractivity contribution in [2.75, 3.05) is 13.2 Å². The summed E-state index contributed by atoms with van der Waals surface area (Å²) in [6.45, 7) is 8.83. The van der Waals surface area contributed by atoms with Gasteiger partial charge in [0.15, 0.2) is 0 Å². The molecule has 2 unspecified atom stereocenters. The Bertz CT molecular complexity index is 246. The zero-order valence-corrected chi connectivity index (χ0v) is 13.0. The number of rotatable bonds is 12. The second-order valence-electron chi connectivity index (χ2n) is 5.53. The Morgan fingerprint density at radius 1 is 1.26 bits per heavy atom. The summed E-state index contributed by atoms with van der Waals surface area (Å²) in [7, 11) is 0. The molecule has 0 amide bonds. The molecule has 0 rings (SSSR count). The summed E-state index contributed by atoms with van der Waals surface area (Å²) in [6, 6.07) is 0. The van der Waals surface area contributed by atoms with Crippen LogP contribution in [0.15, 0.2) is 0 Å². The van der Waals surface area contributed by atoms with Crippen molar-refractivity contribution < 1.29 is 14.6 Å². The first-order valence-corrected chi connectivity index (χ1v) is 7.56. The van der Waals surface area contributed by atoms with Gasteiger partial charge in [0.25, 0.3) is 0 Å². The summed E-state index contributed by atoms with van der Waals surface area (Å²) >= 11 is 0. The van der Waals surface area contributed by atoms with Crippen molar-refractivity contribution in [3.05, 3.63) is 0 Å². The maximum atomic E-state index is 11.3. The molecule has 19 heavy (non-hydrogen) atoms. The Morgan fingerprint density at radius 2 is 1.95 bits per heavy atom. The van der Waals surface area contributed by atoms with Gasteiger partial charge in [-0.2, -0.15) is 0 Å². The van der Waals surface area contributed by atoms with Crippen LogP contribution in [0.2, 0.25) is 0 Å². The molecule has 0 bridgehead atoms. The highest BCUT2D eigenvalue weighted by Gasteiger charge is 2.33. The first-order valence-electron chi connectivity index (χ1n) is 7.56. The van der Waals surface area contributed by atoms with E-state index in [-0.39, 0.29) is 12.7 Å². The molecule has 0 aromatic rings. The molecule has 114 valence electrons. The minimum atomic E-state index is -0.978. The summed E-state index contributed by atoms with van der Waals surface area (Å²) in [5, 5.41) is 12.3. The van der Waals surface area contributed by atoms with Crippen molar-refractivity contribution in [1.82, 2.24) is 5.32 Å². The van der Waals surface area contributed by atoms with Crippen LogP contribution in [0.3, 0.4) is 0 Å². The van der Waals surface area contributed by atoms with Gasteiger partial charge in [-0.05, 0) is 33.2 Å². The van der Waals surface area contributed by atoms with Crippen molar-refractivity contribution in [3.63, 3.8) is 0 Å². The Hall–Kier alpha value is -0.610. The number of nitrogens with one attached hydrogen (secondary N) is 1. The van der Waals surface area contributed by atoms with Gasteiger partial charge < -0.3 is 15.2 Å². The van der Waals surface area contributed by atoms with E-state index < -0.39 is 11.5 Å². The predicted molar refractivity (Wildman–Crippen MR) is 78.5 cm³/mol. The van der Waals surface area contributed by atoms with Crippen LogP contribution in [0.4, 0.5) is 0 Å². The molecular formula is C15H31NO3. The standard InChI is InChI=1S/C15H31NO3/c1-5-7-8-9-10-13(3)19-12-15(4,14(17)18)16-11-6-2/h13,16H,5-12H2,1-4H3,(H,17,18). The molecule has 0 spiro atoms. The van der Waals surface area contributed by atoms with Crippen LogP contribution in [0.25, 0.3) is 0 Å². The summed E-state index contributed by atoms with van der Waals surface area (Å²) < 4.78 is 5.70. The third kappa shape index (κ3) is 8.22. The summed E-state index contributed by atoms with van der Waals surface area (Å²) in [6.07, 6.45) is 6.92. The van der Waals surface area contributed by atoms with Gasteiger partial charge in [0.1, 0.15) is 5.54 Å². The number of carboxylic acid groups (broad SMARTS) is 1. The second-order valence-corrected chi connectivity index (χ2v) is 5.53. The molecule has 0 saturated heterocycles. The molecule has 0 aromatic carbocycles. The summed E-state index contributed by atoms with van der Waals surface area (Å²) in [5.41, 5.74) is -0.978. The highest BCUT2D eigenvalue weighted by molar-refractivity contribution is 5.78. The molecular weight excluding hydrogens is 242 g/mol. The van der Waals surface area contributed by atoms with Gasteiger partial charge in [-0.1, -0.05) is 39.5 Å². The molecule has 0 fully saturated rings. The Balaban J connectivity index is 3.99. The lowest BCUT2D eigenvalue weighted by Crippen LogP contribution is -2.53. The van der Waals surface area contributed by atoms with Crippen molar-refractivity contribution in [2.45, 2.75) is 77.9 Å². The van der Waals surface area contributed by atoms with Crippen molar-refractivity contribution in [2.24, 2.45) is 0 Å². The van der Waals surface area contributed by atoms with Crippen LogP contribution in [0.1, 0.15) is 66.2 Å². The fourth-order valence-corrected chi connectivity index (χ4v) is 1.84. The van der Waals surface area contributed by atoms with E-state index in [1.807, 2.05) is 13.8 Å². The van der Waals surface area contributed by atoms with Crippen molar-refractivity contribution >= 4 is 5.97 Å². The molecule has 0 radical (unpaired) electrons. The third-order valence-electron chi connectivity index (χ3n) is 3.36. The first kappa shape index (κ1) is 18.4. The van der Waals surface area contributed by atoms with E-state index in [4.69, 9.17) is 4.74 Å². The first-order chi connectivity index (χ1) is 8.96. The highest BCUT2D eigenvalue weighted by atomic mass is 16.5. The predicted octanol–water partition coefficient (Wildman–Crippen LogP) is 3.20. The number of carboxylic acids is 1. The van der Waals surface area contributed by atoms with Gasteiger partial charge in [-0.25, -0.2) is 0 Å². The van der Waals surface area contributed by atoms with Gasteiger partial charge in [0, 0.05) is 0 Å². The van der Waals surface area contributed by atoms with Crippen LogP contribution in [-0.2, 0) is 9.53 Å². The Labute approximate surface area is 117 Å². The number of ether oxygens (including phenoxy) is 1. The fourth-order valence-electron chi connectivity index (χ4n) is 1.84. The minimum Gasteiger partial charge on any atom is -0.480 e. The molecule has 0 aliphatic carbocycles. The third-order valence-corrected chi connectivity index (χ3v) is 3.36. The van der Waals surface area contributed by atoms with E-state index in [1.54, 1.807) is 6.92 Å². The zero-order chi connectivity index (χ0) is 14.7. The van der Waals surface area contributed by atoms with Gasteiger partial charge in [-0.15, -0.1) is 0 Å². The number of unbranched alkanes of at least 4 members (excludes halogenated alkanes) is 3. The second kappa shape index (κ2) is 10.2. The quantitative estimate of drug-likeness (QED) is 0.536. The van der Waals surface area contributed by atoms with Crippen LogP contribution >= 0.6 is 0 Å². The molecule has 0 aliphatic rings. The SMILES string of the molecule is CCCCCCC(C)OCC(C)(NCCC)C(=O)O. The van der Waals surface area contributed by atoms with Crippen LogP contribution in [0.5, 0.6) is 0 Å². The monoisotopic (exact) mass is 273 g/mol. The lowest BCUT2D eigenvalue weighted by Gasteiger charge is -2.27. The van der Waals surface area contributed by atoms with Gasteiger partial charge in [0.2, 0.25) is 0 Å². The minimum absolute atomic E-state index is 0.124. The van der Waals surface area contributed by atoms with E-state index in [0.717, 1.165) is 19.3 Å². The van der Waals surface area contributed by atoms with Gasteiger partial charge >= 0.3 is 5.97 Å². The van der Waals surface area contributed by atoms with Crippen LogP contribution < -0.4 is 5.32 Å². The maximum absolute atomic E-state index is 11.3. The van der Waals surface area contributed by atoms with E-state index in [0.29, 0.717) is 6.54 Å². The number of hydrogen-bond donors (Lipinski definition) is 2. The molecule has 0 aliphatic heterocycles. The van der Waals surface area contributed by atoms with Gasteiger partial charge in [0.05, 0.1) is 12.7 Å². The Kier molecular flexibility index (Phi) is 9.88. The molecule has 0 heterocycles. The largest absolute Gasteiger partial charge is 0.480 e. The topological polar surface area (TPSA) is 58.6 Å². The van der Waals surface area contributed by atoms with Crippen LogP contribution in [-0.4, -0.2) is 35.9 Å². The number of carbonyl (C=O) groups is 1. The average Bonchev–Trinajstić information content (AvgIpc) is 2.38. The molecule has 2 N–H and O–H groups in total. The molecule has 4 heteroatoms. The lowest BCUT2D eigenvalue weighted by atomic mass is 10.0. The van der Waals surface area contributed by atoms with Gasteiger partial charge in [-0.3, -0.25) is 4.79 Å². The van der Waals surface area contributed by atoms with E-state index >= 15 is 0 Å². The van der Waals surface area contributed by atoms with Crippen LogP contribution in [0, 0.1) is 0 Å². The molecule has 0 aromatic heterocycles. The average molecular weight is 273 g/mol. The van der Waals surface area contributed by atoms with Crippen molar-refractivity contribution in [1.29, 1.82) is 0 Å². The summed E-state index contributed by atoms with van der Waals surface area (Å²) in [5.74, 6) is -0.848. The van der Waals surface area contributed by atoms with E-state index in [1.165, 1.54) is 19.3 Å². The molecule has 4 nitrogen and oxygen atoms in total. The molecule has 0 saturated carbocycles. The van der Waals surface area contributed by atoms with E-state index in [2.05, 4.69) is 12.2 Å². The summed E-state index contributed by atoms with van der Waals surface area (Å²) in [4.78, 5) is 11.3. The Morgan fingerprint density at radius 3 is 2.47 bits per heavy atom. The molecule has 2 atom stereocenters. The smallest absolute Gasteiger partial charge is 0.326 e. The highest BCUT2D eigenvalue weighted by Crippen LogP contribution is 2.12. The van der Waals surface area contributed by atoms with E-state index in [9.17, 15) is 9.90 Å². The maximum Gasteiger partial charge on any atom is 0.326 e.